The maximum absolute atomic E-state index is 13.8. The van der Waals surface area contributed by atoms with Gasteiger partial charge < -0.3 is 9.47 Å². The van der Waals surface area contributed by atoms with Gasteiger partial charge in [-0.15, -0.1) is 0 Å². The van der Waals surface area contributed by atoms with E-state index in [1.54, 1.807) is 60.7 Å². The average molecular weight is 492 g/mol. The van der Waals surface area contributed by atoms with Crippen LogP contribution in [0, 0.1) is 0 Å². The molecule has 0 bridgehead atoms. The van der Waals surface area contributed by atoms with Gasteiger partial charge in [0.05, 0.1) is 17.2 Å². The average Bonchev–Trinajstić information content (AvgIpc) is 2.91. The number of rotatable bonds is 6. The van der Waals surface area contributed by atoms with E-state index in [2.05, 4.69) is 4.98 Å². The number of carbonyl (C=O) groups is 1. The number of carbonyl (C=O) groups excluding carboxylic acids is 1. The summed E-state index contributed by atoms with van der Waals surface area (Å²) in [5, 5.41) is 0.249. The summed E-state index contributed by atoms with van der Waals surface area (Å²) in [6, 6.07) is 19.6. The van der Waals surface area contributed by atoms with E-state index in [1.807, 2.05) is 0 Å². The highest BCUT2D eigenvalue weighted by atomic mass is 19.4. The summed E-state index contributed by atoms with van der Waals surface area (Å²) in [5.74, 6) is 0.232. The number of ketones is 1. The van der Waals surface area contributed by atoms with E-state index in [1.165, 1.54) is 12.3 Å². The van der Waals surface area contributed by atoms with Gasteiger partial charge in [0.25, 0.3) is 0 Å². The molecule has 1 atom stereocenters. The van der Waals surface area contributed by atoms with E-state index in [9.17, 15) is 18.0 Å². The van der Waals surface area contributed by atoms with Gasteiger partial charge in [0, 0.05) is 34.9 Å². The number of alkyl halides is 3. The number of pyridine rings is 1. The molecule has 2 heterocycles. The fourth-order valence-corrected chi connectivity index (χ4v) is 4.55. The lowest BCUT2D eigenvalue weighted by molar-refractivity contribution is -0.136. The summed E-state index contributed by atoms with van der Waals surface area (Å²) in [6.07, 6.45) is -0.285. The van der Waals surface area contributed by atoms with Crippen molar-refractivity contribution in [3.63, 3.8) is 0 Å². The molecule has 1 aromatic heterocycles. The van der Waals surface area contributed by atoms with Gasteiger partial charge >= 0.3 is 6.18 Å². The molecule has 4 aromatic rings. The molecule has 0 saturated carbocycles. The minimum Gasteiger partial charge on any atom is -0.491 e. The Bertz CT molecular complexity index is 1380. The highest BCUT2D eigenvalue weighted by molar-refractivity contribution is 6.16. The van der Waals surface area contributed by atoms with Crippen LogP contribution < -0.4 is 4.74 Å². The van der Waals surface area contributed by atoms with Gasteiger partial charge in [0.2, 0.25) is 0 Å². The number of benzene rings is 3. The van der Waals surface area contributed by atoms with Crippen LogP contribution in [-0.4, -0.2) is 30.1 Å². The lowest BCUT2D eigenvalue weighted by atomic mass is 9.91. The third-order valence-electron chi connectivity index (χ3n) is 6.32. The molecular formula is C29H24F3NO3. The zero-order valence-corrected chi connectivity index (χ0v) is 19.4. The number of hydrogen-bond donors (Lipinski definition) is 0. The van der Waals surface area contributed by atoms with Crippen molar-refractivity contribution in [2.45, 2.75) is 31.5 Å². The van der Waals surface area contributed by atoms with Crippen LogP contribution in [0.2, 0.25) is 0 Å². The van der Waals surface area contributed by atoms with Crippen LogP contribution in [0.5, 0.6) is 5.75 Å². The molecule has 1 fully saturated rings. The second-order valence-corrected chi connectivity index (χ2v) is 8.77. The van der Waals surface area contributed by atoms with Crippen molar-refractivity contribution < 1.29 is 27.4 Å². The van der Waals surface area contributed by atoms with Crippen LogP contribution in [0.15, 0.2) is 79.0 Å². The molecule has 4 nitrogen and oxygen atoms in total. The maximum Gasteiger partial charge on any atom is 0.418 e. The molecule has 1 aliphatic rings. The van der Waals surface area contributed by atoms with E-state index < -0.39 is 11.7 Å². The molecule has 0 aliphatic carbocycles. The fraction of sp³-hybridized carbons (Fsp3) is 0.241. The summed E-state index contributed by atoms with van der Waals surface area (Å²) in [7, 11) is 0. The Morgan fingerprint density at radius 2 is 1.81 bits per heavy atom. The van der Waals surface area contributed by atoms with Crippen LogP contribution in [-0.2, 0) is 10.9 Å². The highest BCUT2D eigenvalue weighted by Crippen LogP contribution is 2.39. The van der Waals surface area contributed by atoms with Crippen LogP contribution in [0.3, 0.4) is 0 Å². The number of para-hydroxylation sites is 1. The molecule has 1 aliphatic heterocycles. The molecule has 184 valence electrons. The fourth-order valence-electron chi connectivity index (χ4n) is 4.55. The van der Waals surface area contributed by atoms with Gasteiger partial charge in [-0.05, 0) is 43.0 Å². The summed E-state index contributed by atoms with van der Waals surface area (Å²) >= 11 is 0. The topological polar surface area (TPSA) is 48.4 Å². The predicted molar refractivity (Wildman–Crippen MR) is 131 cm³/mol. The lowest BCUT2D eigenvalue weighted by Crippen LogP contribution is -2.25. The number of fused-ring (bicyclic) bond motifs is 1. The van der Waals surface area contributed by atoms with Crippen LogP contribution in [0.4, 0.5) is 13.2 Å². The molecule has 5 rings (SSSR count). The number of aromatic nitrogens is 1. The third-order valence-corrected chi connectivity index (χ3v) is 6.32. The Labute approximate surface area is 206 Å². The quantitative estimate of drug-likeness (QED) is 0.270. The van der Waals surface area contributed by atoms with Crippen molar-refractivity contribution in [2.75, 3.05) is 13.2 Å². The number of ether oxygens (including phenoxy) is 2. The Morgan fingerprint density at radius 3 is 2.56 bits per heavy atom. The standard InChI is InChI=1S/C29H24F3NO3/c30-29(31,32)25-14-7-13-23-26(24(17-33-27(23)25)28(34)19-8-2-1-3-9-19)20-10-6-12-21(16-20)36-18-22-11-4-5-15-35-22/h1-3,6-10,12-14,16-17,22H,4-5,11,15,18H2. The Balaban J connectivity index is 1.62. The van der Waals surface area contributed by atoms with Gasteiger partial charge in [0.1, 0.15) is 12.4 Å². The zero-order valence-electron chi connectivity index (χ0n) is 19.4. The van der Waals surface area contributed by atoms with Crippen LogP contribution in [0.25, 0.3) is 22.0 Å². The van der Waals surface area contributed by atoms with Crippen molar-refractivity contribution in [1.29, 1.82) is 0 Å². The van der Waals surface area contributed by atoms with Crippen molar-refractivity contribution in [3.8, 4) is 16.9 Å². The summed E-state index contributed by atoms with van der Waals surface area (Å²) in [4.78, 5) is 17.6. The molecule has 0 amide bonds. The predicted octanol–water partition coefficient (Wildman–Crippen LogP) is 7.10. The number of halogens is 3. The van der Waals surface area contributed by atoms with Gasteiger partial charge in [-0.3, -0.25) is 9.78 Å². The second kappa shape index (κ2) is 10.1. The molecule has 1 saturated heterocycles. The minimum absolute atomic E-state index is 0.00808. The molecule has 0 N–H and O–H groups in total. The largest absolute Gasteiger partial charge is 0.491 e. The molecule has 1 unspecified atom stereocenters. The molecule has 36 heavy (non-hydrogen) atoms. The summed E-state index contributed by atoms with van der Waals surface area (Å²) < 4.78 is 53.0. The first-order valence-electron chi connectivity index (χ1n) is 11.9. The molecule has 0 spiro atoms. The minimum atomic E-state index is -4.58. The van der Waals surface area contributed by atoms with Crippen molar-refractivity contribution in [2.24, 2.45) is 0 Å². The Hall–Kier alpha value is -3.71. The molecule has 0 radical (unpaired) electrons. The zero-order chi connectivity index (χ0) is 25.1. The van der Waals surface area contributed by atoms with E-state index in [4.69, 9.17) is 9.47 Å². The summed E-state index contributed by atoms with van der Waals surface area (Å²) in [5.41, 5.74) is 0.560. The van der Waals surface area contributed by atoms with Crippen LogP contribution in [0.1, 0.15) is 40.7 Å². The normalized spacial score (nSPS) is 16.1. The first-order chi connectivity index (χ1) is 17.4. The first kappa shape index (κ1) is 24.0. The summed E-state index contributed by atoms with van der Waals surface area (Å²) in [6.45, 7) is 1.10. The molecule has 7 heteroatoms. The van der Waals surface area contributed by atoms with Gasteiger partial charge in [-0.1, -0.05) is 54.6 Å². The van der Waals surface area contributed by atoms with E-state index >= 15 is 0 Å². The Kier molecular flexibility index (Phi) is 6.74. The molecule has 3 aromatic carbocycles. The van der Waals surface area contributed by atoms with E-state index in [0.717, 1.165) is 25.3 Å². The van der Waals surface area contributed by atoms with Gasteiger partial charge in [-0.2, -0.15) is 13.2 Å². The molecular weight excluding hydrogens is 467 g/mol. The van der Waals surface area contributed by atoms with Crippen LogP contribution >= 0.6 is 0 Å². The smallest absolute Gasteiger partial charge is 0.418 e. The third kappa shape index (κ3) is 4.97. The second-order valence-electron chi connectivity index (χ2n) is 8.77. The van der Waals surface area contributed by atoms with E-state index in [0.29, 0.717) is 35.7 Å². The monoisotopic (exact) mass is 491 g/mol. The maximum atomic E-state index is 13.8. The van der Waals surface area contributed by atoms with Crippen molar-refractivity contribution >= 4 is 16.7 Å². The van der Waals surface area contributed by atoms with Gasteiger partial charge in [-0.25, -0.2) is 0 Å². The van der Waals surface area contributed by atoms with E-state index in [-0.39, 0.29) is 28.4 Å². The SMILES string of the molecule is O=C(c1ccccc1)c1cnc2c(C(F)(F)F)cccc2c1-c1cccc(OCC2CCCCO2)c1. The lowest BCUT2D eigenvalue weighted by Gasteiger charge is -2.22. The first-order valence-corrected chi connectivity index (χ1v) is 11.9. The highest BCUT2D eigenvalue weighted by Gasteiger charge is 2.34. The van der Waals surface area contributed by atoms with Gasteiger partial charge in [0.15, 0.2) is 5.78 Å². The van der Waals surface area contributed by atoms with Crippen molar-refractivity contribution in [3.05, 3.63) is 95.7 Å². The number of hydrogen-bond acceptors (Lipinski definition) is 4. The Morgan fingerprint density at radius 1 is 1.00 bits per heavy atom. The van der Waals surface area contributed by atoms with Crippen molar-refractivity contribution in [1.82, 2.24) is 4.98 Å². The number of nitrogens with zero attached hydrogens (tertiary/aromatic N) is 1.